The minimum atomic E-state index is -0.490. The van der Waals surface area contributed by atoms with Gasteiger partial charge in [0.2, 0.25) is 0 Å². The molecule has 0 amide bonds. The van der Waals surface area contributed by atoms with Gasteiger partial charge in [-0.3, -0.25) is 0 Å². The Balaban J connectivity index is 2.35. The van der Waals surface area contributed by atoms with Gasteiger partial charge >= 0.3 is 122 Å². The van der Waals surface area contributed by atoms with E-state index in [1.807, 2.05) is 22.7 Å². The average Bonchev–Trinajstić information content (AvgIpc) is 3.06. The predicted octanol–water partition coefficient (Wildman–Crippen LogP) is 4.53. The van der Waals surface area contributed by atoms with Crippen molar-refractivity contribution in [1.29, 1.82) is 0 Å². The first-order valence-corrected chi connectivity index (χ1v) is 9.65. The fourth-order valence-electron chi connectivity index (χ4n) is 2.33. The number of hydrogen-bond acceptors (Lipinski definition) is 3. The Hall–Kier alpha value is -0.660. The fraction of sp³-hybridized carbons (Fsp3) is 0.0714. The second kappa shape index (κ2) is 3.91. The van der Waals surface area contributed by atoms with Crippen molar-refractivity contribution in [2.45, 2.75) is 6.92 Å². The molecule has 4 aromatic rings. The summed E-state index contributed by atoms with van der Waals surface area (Å²) < 4.78 is 5.32. The average molecular weight is 384 g/mol. The molecule has 0 saturated heterocycles. The van der Waals surface area contributed by atoms with Crippen LogP contribution in [0.4, 0.5) is 0 Å². The number of thiophene rings is 2. The van der Waals surface area contributed by atoms with Crippen molar-refractivity contribution in [2.75, 3.05) is 0 Å². The third-order valence-electron chi connectivity index (χ3n) is 3.15. The summed E-state index contributed by atoms with van der Waals surface area (Å²) in [6.07, 6.45) is 0. The second-order valence-corrected chi connectivity index (χ2v) is 9.07. The summed E-state index contributed by atoms with van der Waals surface area (Å²) in [6.45, 7) is 1.69. The number of Topliss-reactive ketones (excluding diaryl/α,β-unsaturated/α-hetero) is 1. The van der Waals surface area contributed by atoms with Crippen LogP contribution in [0.2, 0.25) is 0 Å². The van der Waals surface area contributed by atoms with Gasteiger partial charge in [0.05, 0.1) is 0 Å². The molecule has 0 unspecified atom stereocenters. The third-order valence-corrected chi connectivity index (χ3v) is 8.77. The number of carbonyl (C=O) groups is 1. The molecule has 0 radical (unpaired) electrons. The molecule has 3 heterocycles. The van der Waals surface area contributed by atoms with Gasteiger partial charge in [-0.2, -0.15) is 0 Å². The number of carbonyl (C=O) groups excluding carboxylic acids is 1. The number of benzene rings is 1. The van der Waals surface area contributed by atoms with Crippen molar-refractivity contribution in [1.82, 2.24) is 0 Å². The Morgan fingerprint density at radius 2 is 1.72 bits per heavy atom. The van der Waals surface area contributed by atoms with Gasteiger partial charge < -0.3 is 0 Å². The van der Waals surface area contributed by atoms with Crippen LogP contribution in [0.15, 0.2) is 29.0 Å². The van der Waals surface area contributed by atoms with E-state index in [0.29, 0.717) is 0 Å². The number of fused-ring (bicyclic) bond motifs is 6. The van der Waals surface area contributed by atoms with Crippen LogP contribution in [0.1, 0.15) is 15.3 Å². The quantitative estimate of drug-likeness (QED) is 0.348. The van der Waals surface area contributed by atoms with E-state index in [9.17, 15) is 4.79 Å². The first-order valence-electron chi connectivity index (χ1n) is 5.56. The van der Waals surface area contributed by atoms with E-state index in [-0.39, 0.29) is 5.78 Å². The van der Waals surface area contributed by atoms with Crippen molar-refractivity contribution in [3.63, 3.8) is 0 Å². The summed E-state index contributed by atoms with van der Waals surface area (Å²) in [4.78, 5) is 11.6. The molecule has 0 N–H and O–H groups in total. The molecule has 18 heavy (non-hydrogen) atoms. The topological polar surface area (TPSA) is 17.1 Å². The van der Waals surface area contributed by atoms with Gasteiger partial charge in [0, 0.05) is 0 Å². The Bertz CT molecular complexity index is 842. The Kier molecular flexibility index (Phi) is 2.43. The maximum absolute atomic E-state index is 11.6. The van der Waals surface area contributed by atoms with Crippen LogP contribution < -0.4 is 0 Å². The van der Waals surface area contributed by atoms with Crippen LogP contribution in [-0.2, 0) is 0 Å². The van der Waals surface area contributed by atoms with Crippen LogP contribution in [0.3, 0.4) is 0 Å². The van der Waals surface area contributed by atoms with E-state index >= 15 is 0 Å². The minimum absolute atomic E-state index is 0.250. The zero-order valence-electron chi connectivity index (χ0n) is 9.52. The van der Waals surface area contributed by atoms with Gasteiger partial charge in [0.15, 0.2) is 0 Å². The van der Waals surface area contributed by atoms with Gasteiger partial charge in [-0.1, -0.05) is 0 Å². The zero-order valence-corrected chi connectivity index (χ0v) is 13.5. The van der Waals surface area contributed by atoms with Gasteiger partial charge in [0.1, 0.15) is 0 Å². The van der Waals surface area contributed by atoms with Crippen molar-refractivity contribution in [3.05, 3.63) is 32.5 Å². The zero-order chi connectivity index (χ0) is 12.3. The van der Waals surface area contributed by atoms with E-state index in [4.69, 9.17) is 0 Å². The molecule has 0 saturated carbocycles. The molecule has 0 aliphatic heterocycles. The summed E-state index contributed by atoms with van der Waals surface area (Å²) in [7, 11) is 0. The van der Waals surface area contributed by atoms with Crippen molar-refractivity contribution in [2.24, 2.45) is 0 Å². The van der Waals surface area contributed by atoms with Crippen molar-refractivity contribution in [3.8, 4) is 0 Å². The predicted molar refractivity (Wildman–Crippen MR) is 81.7 cm³/mol. The van der Waals surface area contributed by atoms with Gasteiger partial charge in [-0.05, 0) is 0 Å². The van der Waals surface area contributed by atoms with E-state index in [2.05, 4.69) is 29.0 Å². The monoisotopic (exact) mass is 386 g/mol. The number of rotatable bonds is 1. The normalized spacial score (nSPS) is 11.8. The summed E-state index contributed by atoms with van der Waals surface area (Å²) in [6, 6.07) is 6.57. The molecule has 88 valence electrons. The number of ketones is 1. The first kappa shape index (κ1) is 11.2. The van der Waals surface area contributed by atoms with Crippen LogP contribution in [0.5, 0.6) is 0 Å². The molecule has 0 bridgehead atoms. The SMILES string of the molecule is CC(=O)c1cc2c3ccsc3c3sccc3c2[te]1. The molecular formula is C14H8OS2Te. The summed E-state index contributed by atoms with van der Waals surface area (Å²) in [5, 5.41) is 8.38. The Labute approximate surface area is 121 Å². The van der Waals surface area contributed by atoms with E-state index in [1.54, 1.807) is 6.92 Å². The van der Waals surface area contributed by atoms with Gasteiger partial charge in [-0.25, -0.2) is 0 Å². The molecule has 1 aromatic carbocycles. The number of hydrogen-bond donors (Lipinski definition) is 0. The van der Waals surface area contributed by atoms with Crippen LogP contribution in [0.25, 0.3) is 29.0 Å². The van der Waals surface area contributed by atoms with Crippen LogP contribution >= 0.6 is 22.7 Å². The van der Waals surface area contributed by atoms with Crippen LogP contribution in [-0.4, -0.2) is 26.2 Å². The van der Waals surface area contributed by atoms with E-state index in [1.165, 1.54) is 29.0 Å². The Morgan fingerprint density at radius 1 is 1.06 bits per heavy atom. The van der Waals surface area contributed by atoms with Crippen molar-refractivity contribution < 1.29 is 4.79 Å². The molecule has 0 aliphatic rings. The van der Waals surface area contributed by atoms with E-state index < -0.39 is 20.4 Å². The molecule has 4 rings (SSSR count). The molecule has 0 spiro atoms. The third kappa shape index (κ3) is 1.41. The summed E-state index contributed by atoms with van der Waals surface area (Å²) in [5.74, 6) is 0.250. The first-order chi connectivity index (χ1) is 8.75. The van der Waals surface area contributed by atoms with Crippen molar-refractivity contribution >= 4 is 77.8 Å². The molecule has 0 atom stereocenters. The second-order valence-electron chi connectivity index (χ2n) is 4.24. The summed E-state index contributed by atoms with van der Waals surface area (Å²) in [5.41, 5.74) is 0. The molecule has 3 aromatic heterocycles. The molecule has 0 fully saturated rings. The Morgan fingerprint density at radius 3 is 2.44 bits per heavy atom. The van der Waals surface area contributed by atoms with E-state index in [0.717, 1.165) is 3.58 Å². The molecule has 1 nitrogen and oxygen atoms in total. The maximum atomic E-state index is 11.6. The molecular weight excluding hydrogens is 376 g/mol. The molecule has 4 heteroatoms. The fourth-order valence-corrected chi connectivity index (χ4v) is 7.67. The standard InChI is InChI=1S/C14H8OS2Te/c1-7(15)11-6-10-8-2-4-16-12(8)13-9(3-5-17-13)14(10)18-11/h2-6H,1H3. The summed E-state index contributed by atoms with van der Waals surface area (Å²) >= 11 is 3.14. The van der Waals surface area contributed by atoms with Gasteiger partial charge in [0.25, 0.3) is 0 Å². The van der Waals surface area contributed by atoms with Gasteiger partial charge in [-0.15, -0.1) is 0 Å². The molecule has 0 aliphatic carbocycles. The van der Waals surface area contributed by atoms with Crippen LogP contribution in [0, 0.1) is 0 Å².